The van der Waals surface area contributed by atoms with Gasteiger partial charge in [-0.3, -0.25) is 4.79 Å². The molecule has 2 aromatic heterocycles. The van der Waals surface area contributed by atoms with Crippen LogP contribution in [0.5, 0.6) is 0 Å². The Bertz CT molecular complexity index is 1110. The summed E-state index contributed by atoms with van der Waals surface area (Å²) in [6.07, 6.45) is 2.97. The van der Waals surface area contributed by atoms with Gasteiger partial charge in [-0.2, -0.15) is 0 Å². The maximum Gasteiger partial charge on any atom is 0.223 e. The van der Waals surface area contributed by atoms with Gasteiger partial charge >= 0.3 is 0 Å². The Hall–Kier alpha value is -3.25. The summed E-state index contributed by atoms with van der Waals surface area (Å²) in [5.41, 5.74) is 1.57. The first-order valence-corrected chi connectivity index (χ1v) is 11.1. The number of benzene rings is 2. The third-order valence-corrected chi connectivity index (χ3v) is 5.90. The maximum atomic E-state index is 14.0. The van der Waals surface area contributed by atoms with Gasteiger partial charge in [0.2, 0.25) is 5.91 Å². The van der Waals surface area contributed by atoms with E-state index in [9.17, 15) is 9.18 Å². The quantitative estimate of drug-likeness (QED) is 0.337. The molecule has 6 heteroatoms. The van der Waals surface area contributed by atoms with Gasteiger partial charge in [0.15, 0.2) is 11.7 Å². The van der Waals surface area contributed by atoms with E-state index in [1.165, 1.54) is 17.8 Å². The van der Waals surface area contributed by atoms with Crippen LogP contribution in [-0.2, 0) is 24.2 Å². The molecule has 0 bridgehead atoms. The lowest BCUT2D eigenvalue weighted by molar-refractivity contribution is -0.131. The van der Waals surface area contributed by atoms with Crippen LogP contribution in [0.4, 0.5) is 4.39 Å². The highest BCUT2D eigenvalue weighted by molar-refractivity contribution is 7.09. The van der Waals surface area contributed by atoms with E-state index in [0.29, 0.717) is 36.7 Å². The molecule has 0 aliphatic rings. The van der Waals surface area contributed by atoms with Crippen molar-refractivity contribution in [1.82, 2.24) is 9.88 Å². The molecule has 0 spiro atoms. The average Bonchev–Trinajstić information content (AvgIpc) is 3.48. The Morgan fingerprint density at radius 2 is 1.81 bits per heavy atom. The summed E-state index contributed by atoms with van der Waals surface area (Å²) >= 11 is 1.65. The number of nitrogens with zero attached hydrogens (tertiary/aromatic N) is 2. The van der Waals surface area contributed by atoms with Crippen molar-refractivity contribution in [3.8, 4) is 11.3 Å². The fraction of sp³-hybridized carbons (Fsp3) is 0.200. The second-order valence-corrected chi connectivity index (χ2v) is 8.26. The SMILES string of the molecule is O=C(CCc1ncc(-c2ccccc2F)o1)N(CCc1ccccc1)Cc1cccs1. The van der Waals surface area contributed by atoms with E-state index in [0.717, 1.165) is 11.3 Å². The minimum atomic E-state index is -0.357. The number of carbonyl (C=O) groups is 1. The zero-order valence-electron chi connectivity index (χ0n) is 17.0. The van der Waals surface area contributed by atoms with Gasteiger partial charge in [0.05, 0.1) is 18.3 Å². The molecule has 0 unspecified atom stereocenters. The van der Waals surface area contributed by atoms with E-state index in [4.69, 9.17) is 4.42 Å². The molecule has 4 aromatic rings. The summed E-state index contributed by atoms with van der Waals surface area (Å²) in [6.45, 7) is 1.24. The van der Waals surface area contributed by atoms with Crippen LogP contribution in [0, 0.1) is 5.82 Å². The molecule has 158 valence electrons. The van der Waals surface area contributed by atoms with Gasteiger partial charge < -0.3 is 9.32 Å². The minimum absolute atomic E-state index is 0.0509. The van der Waals surface area contributed by atoms with Crippen molar-refractivity contribution < 1.29 is 13.6 Å². The van der Waals surface area contributed by atoms with Gasteiger partial charge in [-0.15, -0.1) is 11.3 Å². The second kappa shape index (κ2) is 10.2. The normalized spacial score (nSPS) is 10.9. The summed E-state index contributed by atoms with van der Waals surface area (Å²) in [5, 5.41) is 2.02. The number of aromatic nitrogens is 1. The predicted octanol–water partition coefficient (Wildman–Crippen LogP) is 5.75. The van der Waals surface area contributed by atoms with Crippen LogP contribution in [0.25, 0.3) is 11.3 Å². The first-order chi connectivity index (χ1) is 15.2. The van der Waals surface area contributed by atoms with Gasteiger partial charge in [0, 0.05) is 24.3 Å². The zero-order chi connectivity index (χ0) is 21.5. The minimum Gasteiger partial charge on any atom is -0.441 e. The summed E-state index contributed by atoms with van der Waals surface area (Å²) in [6, 6.07) is 20.6. The lowest BCUT2D eigenvalue weighted by Crippen LogP contribution is -2.32. The van der Waals surface area contributed by atoms with Crippen LogP contribution in [0.1, 0.15) is 22.8 Å². The van der Waals surface area contributed by atoms with E-state index in [-0.39, 0.29) is 18.1 Å². The van der Waals surface area contributed by atoms with Crippen molar-refractivity contribution in [1.29, 1.82) is 0 Å². The molecular weight excluding hydrogens is 411 g/mol. The lowest BCUT2D eigenvalue weighted by atomic mass is 10.1. The largest absolute Gasteiger partial charge is 0.441 e. The number of amides is 1. The van der Waals surface area contributed by atoms with Gasteiger partial charge in [-0.25, -0.2) is 9.37 Å². The summed E-state index contributed by atoms with van der Waals surface area (Å²) in [5.74, 6) is 0.505. The molecule has 0 atom stereocenters. The van der Waals surface area contributed by atoms with Crippen molar-refractivity contribution in [2.75, 3.05) is 6.54 Å². The highest BCUT2D eigenvalue weighted by Gasteiger charge is 2.17. The third-order valence-electron chi connectivity index (χ3n) is 5.04. The topological polar surface area (TPSA) is 46.3 Å². The molecule has 1 amide bonds. The molecule has 0 aliphatic carbocycles. The summed E-state index contributed by atoms with van der Waals surface area (Å²) in [4.78, 5) is 20.3. The average molecular weight is 435 g/mol. The molecule has 0 aliphatic heterocycles. The molecule has 31 heavy (non-hydrogen) atoms. The molecule has 4 rings (SSSR count). The smallest absolute Gasteiger partial charge is 0.223 e. The predicted molar refractivity (Wildman–Crippen MR) is 120 cm³/mol. The monoisotopic (exact) mass is 434 g/mol. The lowest BCUT2D eigenvalue weighted by Gasteiger charge is -2.22. The number of hydrogen-bond donors (Lipinski definition) is 0. The molecule has 0 N–H and O–H groups in total. The van der Waals surface area contributed by atoms with Crippen molar-refractivity contribution in [2.24, 2.45) is 0 Å². The third kappa shape index (κ3) is 5.67. The van der Waals surface area contributed by atoms with Gasteiger partial charge in [-0.1, -0.05) is 48.5 Å². The number of thiophene rings is 1. The van der Waals surface area contributed by atoms with Crippen molar-refractivity contribution in [3.05, 3.63) is 100 Å². The van der Waals surface area contributed by atoms with Crippen LogP contribution >= 0.6 is 11.3 Å². The molecule has 2 heterocycles. The van der Waals surface area contributed by atoms with Crippen LogP contribution in [0.2, 0.25) is 0 Å². The van der Waals surface area contributed by atoms with E-state index < -0.39 is 0 Å². The number of oxazole rings is 1. The number of halogens is 1. The fourth-order valence-electron chi connectivity index (χ4n) is 3.37. The Morgan fingerprint density at radius 3 is 2.58 bits per heavy atom. The summed E-state index contributed by atoms with van der Waals surface area (Å²) < 4.78 is 19.7. The van der Waals surface area contributed by atoms with E-state index in [1.54, 1.807) is 29.5 Å². The Morgan fingerprint density at radius 1 is 1.00 bits per heavy atom. The van der Waals surface area contributed by atoms with Crippen molar-refractivity contribution in [3.63, 3.8) is 0 Å². The van der Waals surface area contributed by atoms with E-state index in [1.807, 2.05) is 40.6 Å². The second-order valence-electron chi connectivity index (χ2n) is 7.23. The van der Waals surface area contributed by atoms with Crippen molar-refractivity contribution >= 4 is 17.2 Å². The molecule has 0 fully saturated rings. The number of hydrogen-bond acceptors (Lipinski definition) is 4. The maximum absolute atomic E-state index is 14.0. The standard InChI is InChI=1S/C25H23FN2O2S/c26-22-11-5-4-10-21(22)23-17-27-24(30-23)12-13-25(29)28(18-20-9-6-16-31-20)15-14-19-7-2-1-3-8-19/h1-11,16-17H,12-15,18H2. The van der Waals surface area contributed by atoms with E-state index >= 15 is 0 Å². The number of aryl methyl sites for hydroxylation is 1. The molecule has 0 saturated carbocycles. The van der Waals surface area contributed by atoms with Crippen LogP contribution in [-0.4, -0.2) is 22.3 Å². The number of rotatable bonds is 9. The molecule has 0 radical (unpaired) electrons. The molecule has 0 saturated heterocycles. The first kappa shape index (κ1) is 21.0. The highest BCUT2D eigenvalue weighted by atomic mass is 32.1. The van der Waals surface area contributed by atoms with Gasteiger partial charge in [-0.05, 0) is 35.6 Å². The molecular formula is C25H23FN2O2S. The Labute approximate surface area is 185 Å². The first-order valence-electron chi connectivity index (χ1n) is 10.2. The highest BCUT2D eigenvalue weighted by Crippen LogP contribution is 2.24. The molecule has 2 aromatic carbocycles. The number of carbonyl (C=O) groups excluding carboxylic acids is 1. The Kier molecular flexibility index (Phi) is 6.89. The van der Waals surface area contributed by atoms with Crippen LogP contribution in [0.15, 0.2) is 82.7 Å². The van der Waals surface area contributed by atoms with Gasteiger partial charge in [0.25, 0.3) is 0 Å². The van der Waals surface area contributed by atoms with Crippen molar-refractivity contribution in [2.45, 2.75) is 25.8 Å². The van der Waals surface area contributed by atoms with Gasteiger partial charge in [0.1, 0.15) is 5.82 Å². The zero-order valence-corrected chi connectivity index (χ0v) is 17.9. The van der Waals surface area contributed by atoms with Crippen LogP contribution < -0.4 is 0 Å². The Balaban J connectivity index is 1.39. The van der Waals surface area contributed by atoms with E-state index in [2.05, 4.69) is 17.1 Å². The van der Waals surface area contributed by atoms with Crippen LogP contribution in [0.3, 0.4) is 0 Å². The molecule has 4 nitrogen and oxygen atoms in total. The fourth-order valence-corrected chi connectivity index (χ4v) is 4.09. The summed E-state index contributed by atoms with van der Waals surface area (Å²) in [7, 11) is 0.